The molecule has 0 fully saturated rings. The van der Waals surface area contributed by atoms with E-state index in [1.54, 1.807) is 30.3 Å². The number of rotatable bonds is 4. The SMILES string of the molecule is FC(F)(F)c1nc(SCc2nc(-c3ccco3)no2)c2ccccc2n1. The molecule has 1 aromatic carbocycles. The summed E-state index contributed by atoms with van der Waals surface area (Å²) in [4.78, 5) is 11.4. The van der Waals surface area contributed by atoms with E-state index in [1.807, 2.05) is 0 Å². The summed E-state index contributed by atoms with van der Waals surface area (Å²) < 4.78 is 49.4. The van der Waals surface area contributed by atoms with Gasteiger partial charge in [-0.2, -0.15) is 18.2 Å². The highest BCUT2D eigenvalue weighted by molar-refractivity contribution is 7.98. The molecule has 26 heavy (non-hydrogen) atoms. The number of halogens is 3. The van der Waals surface area contributed by atoms with E-state index < -0.39 is 12.0 Å². The van der Waals surface area contributed by atoms with Crippen LogP contribution in [-0.2, 0) is 11.9 Å². The zero-order chi connectivity index (χ0) is 18.1. The van der Waals surface area contributed by atoms with Crippen LogP contribution < -0.4 is 0 Å². The molecule has 0 bridgehead atoms. The Labute approximate surface area is 148 Å². The van der Waals surface area contributed by atoms with Crippen LogP contribution in [0.1, 0.15) is 11.7 Å². The zero-order valence-corrected chi connectivity index (χ0v) is 13.7. The maximum atomic E-state index is 13.0. The lowest BCUT2D eigenvalue weighted by atomic mass is 10.2. The van der Waals surface area contributed by atoms with Crippen molar-refractivity contribution in [1.82, 2.24) is 20.1 Å². The molecule has 0 radical (unpaired) electrons. The van der Waals surface area contributed by atoms with Gasteiger partial charge in [0.1, 0.15) is 5.03 Å². The fraction of sp³-hybridized carbons (Fsp3) is 0.125. The highest BCUT2D eigenvalue weighted by Crippen LogP contribution is 2.33. The van der Waals surface area contributed by atoms with Crippen molar-refractivity contribution in [3.05, 3.63) is 54.4 Å². The van der Waals surface area contributed by atoms with Gasteiger partial charge in [-0.05, 0) is 18.2 Å². The normalized spacial score (nSPS) is 12.0. The van der Waals surface area contributed by atoms with E-state index in [-0.39, 0.29) is 28.0 Å². The van der Waals surface area contributed by atoms with Crippen LogP contribution in [0.5, 0.6) is 0 Å². The number of thioether (sulfide) groups is 1. The number of nitrogens with zero attached hydrogens (tertiary/aromatic N) is 4. The third-order valence-corrected chi connectivity index (χ3v) is 4.34. The molecule has 10 heteroatoms. The second-order valence-corrected chi connectivity index (χ2v) is 6.11. The standard InChI is InChI=1S/C16H9F3N4O2S/c17-16(18,19)15-20-10-5-2-1-4-9(10)14(22-15)26-8-12-21-13(23-25-12)11-6-3-7-24-11/h1-7H,8H2. The number of benzene rings is 1. The minimum absolute atomic E-state index is 0.159. The van der Waals surface area contributed by atoms with Gasteiger partial charge in [-0.3, -0.25) is 0 Å². The molecule has 3 heterocycles. The van der Waals surface area contributed by atoms with Gasteiger partial charge in [0.25, 0.3) is 0 Å². The summed E-state index contributed by atoms with van der Waals surface area (Å²) in [5.41, 5.74) is 0.221. The molecule has 0 atom stereocenters. The van der Waals surface area contributed by atoms with Crippen molar-refractivity contribution >= 4 is 22.7 Å². The maximum Gasteiger partial charge on any atom is 0.451 e. The molecular formula is C16H9F3N4O2S. The molecule has 0 amide bonds. The highest BCUT2D eigenvalue weighted by Gasteiger charge is 2.35. The Hall–Kier alpha value is -2.88. The summed E-state index contributed by atoms with van der Waals surface area (Å²) in [7, 11) is 0. The predicted octanol–water partition coefficient (Wildman–Crippen LogP) is 4.58. The predicted molar refractivity (Wildman–Crippen MR) is 86.1 cm³/mol. The first kappa shape index (κ1) is 16.6. The molecule has 4 aromatic rings. The Morgan fingerprint density at radius 3 is 2.62 bits per heavy atom. The largest absolute Gasteiger partial charge is 0.461 e. The summed E-state index contributed by atoms with van der Waals surface area (Å²) >= 11 is 1.07. The van der Waals surface area contributed by atoms with Crippen molar-refractivity contribution in [3.63, 3.8) is 0 Å². The lowest BCUT2D eigenvalue weighted by Crippen LogP contribution is -2.11. The van der Waals surface area contributed by atoms with Gasteiger partial charge >= 0.3 is 6.18 Å². The third kappa shape index (κ3) is 3.27. The van der Waals surface area contributed by atoms with E-state index in [4.69, 9.17) is 8.94 Å². The van der Waals surface area contributed by atoms with E-state index in [0.717, 1.165) is 11.8 Å². The molecule has 0 saturated heterocycles. The summed E-state index contributed by atoms with van der Waals surface area (Å²) in [6.07, 6.45) is -3.15. The van der Waals surface area contributed by atoms with Crippen molar-refractivity contribution < 1.29 is 22.1 Å². The topological polar surface area (TPSA) is 77.8 Å². The molecule has 0 saturated carbocycles. The van der Waals surface area contributed by atoms with Crippen LogP contribution in [0.2, 0.25) is 0 Å². The van der Waals surface area contributed by atoms with E-state index >= 15 is 0 Å². The van der Waals surface area contributed by atoms with Crippen molar-refractivity contribution in [2.45, 2.75) is 17.0 Å². The Bertz CT molecular complexity index is 1050. The van der Waals surface area contributed by atoms with Gasteiger partial charge in [-0.1, -0.05) is 35.1 Å². The van der Waals surface area contributed by atoms with Crippen molar-refractivity contribution in [1.29, 1.82) is 0 Å². The second kappa shape index (κ2) is 6.45. The molecule has 0 aliphatic rings. The molecule has 0 spiro atoms. The molecule has 0 aliphatic heterocycles. The van der Waals surface area contributed by atoms with Crippen molar-refractivity contribution in [3.8, 4) is 11.6 Å². The number of aromatic nitrogens is 4. The van der Waals surface area contributed by atoms with E-state index in [2.05, 4.69) is 20.1 Å². The maximum absolute atomic E-state index is 13.0. The number of hydrogen-bond acceptors (Lipinski definition) is 7. The average Bonchev–Trinajstić information content (AvgIpc) is 3.30. The quantitative estimate of drug-likeness (QED) is 0.380. The lowest BCUT2D eigenvalue weighted by Gasteiger charge is -2.09. The third-order valence-electron chi connectivity index (χ3n) is 3.36. The summed E-state index contributed by atoms with van der Waals surface area (Å²) in [5, 5.41) is 4.50. The first-order chi connectivity index (χ1) is 12.5. The summed E-state index contributed by atoms with van der Waals surface area (Å²) in [6, 6.07) is 9.88. The van der Waals surface area contributed by atoms with Crippen LogP contribution in [0.3, 0.4) is 0 Å². The molecule has 0 aliphatic carbocycles. The fourth-order valence-electron chi connectivity index (χ4n) is 2.23. The zero-order valence-electron chi connectivity index (χ0n) is 12.9. The second-order valence-electron chi connectivity index (χ2n) is 5.14. The lowest BCUT2D eigenvalue weighted by molar-refractivity contribution is -0.145. The van der Waals surface area contributed by atoms with Gasteiger partial charge in [-0.15, -0.1) is 0 Å². The monoisotopic (exact) mass is 378 g/mol. The molecule has 0 unspecified atom stereocenters. The average molecular weight is 378 g/mol. The molecule has 4 rings (SSSR count). The summed E-state index contributed by atoms with van der Waals surface area (Å²) in [6.45, 7) is 0. The number of furan rings is 1. The first-order valence-corrected chi connectivity index (χ1v) is 8.32. The fourth-order valence-corrected chi connectivity index (χ4v) is 3.09. The smallest absolute Gasteiger partial charge is 0.451 e. The molecule has 3 aromatic heterocycles. The van der Waals surface area contributed by atoms with Crippen LogP contribution in [0.15, 0.2) is 56.6 Å². The first-order valence-electron chi connectivity index (χ1n) is 7.34. The molecular weight excluding hydrogens is 369 g/mol. The minimum Gasteiger partial charge on any atom is -0.461 e. The van der Waals surface area contributed by atoms with Gasteiger partial charge < -0.3 is 8.94 Å². The number of fused-ring (bicyclic) bond motifs is 1. The number of para-hydroxylation sites is 1. The van der Waals surface area contributed by atoms with Crippen LogP contribution in [0.25, 0.3) is 22.5 Å². The number of alkyl halides is 3. The van der Waals surface area contributed by atoms with Gasteiger partial charge in [0.15, 0.2) is 5.76 Å². The molecule has 132 valence electrons. The van der Waals surface area contributed by atoms with Crippen LogP contribution in [-0.4, -0.2) is 20.1 Å². The molecule has 6 nitrogen and oxygen atoms in total. The van der Waals surface area contributed by atoms with E-state index in [9.17, 15) is 13.2 Å². The van der Waals surface area contributed by atoms with Crippen LogP contribution in [0, 0.1) is 0 Å². The number of hydrogen-bond donors (Lipinski definition) is 0. The Balaban J connectivity index is 1.62. The van der Waals surface area contributed by atoms with E-state index in [0.29, 0.717) is 11.1 Å². The van der Waals surface area contributed by atoms with Gasteiger partial charge in [-0.25, -0.2) is 9.97 Å². The Morgan fingerprint density at radius 2 is 1.85 bits per heavy atom. The Morgan fingerprint density at radius 1 is 1.00 bits per heavy atom. The summed E-state index contributed by atoms with van der Waals surface area (Å²) in [5.74, 6) is -0.0597. The Kier molecular flexibility index (Phi) is 4.11. The van der Waals surface area contributed by atoms with Gasteiger partial charge in [0.05, 0.1) is 17.5 Å². The minimum atomic E-state index is -4.63. The van der Waals surface area contributed by atoms with Crippen molar-refractivity contribution in [2.75, 3.05) is 0 Å². The van der Waals surface area contributed by atoms with Gasteiger partial charge in [0.2, 0.25) is 17.5 Å². The highest BCUT2D eigenvalue weighted by atomic mass is 32.2. The molecule has 0 N–H and O–H groups in total. The van der Waals surface area contributed by atoms with E-state index in [1.165, 1.54) is 12.3 Å². The van der Waals surface area contributed by atoms with Crippen LogP contribution in [0.4, 0.5) is 13.2 Å². The van der Waals surface area contributed by atoms with Crippen LogP contribution >= 0.6 is 11.8 Å². The van der Waals surface area contributed by atoms with Gasteiger partial charge in [0, 0.05) is 5.39 Å². The van der Waals surface area contributed by atoms with Crippen molar-refractivity contribution in [2.24, 2.45) is 0 Å².